The third-order valence-electron chi connectivity index (χ3n) is 5.93. The van der Waals surface area contributed by atoms with Gasteiger partial charge in [0, 0.05) is 17.4 Å². The molecule has 0 aromatic heterocycles. The first-order valence-corrected chi connectivity index (χ1v) is 7.88. The third-order valence-corrected chi connectivity index (χ3v) is 5.93. The minimum absolute atomic E-state index is 0.0907. The van der Waals surface area contributed by atoms with Gasteiger partial charge in [-0.15, -0.1) is 0 Å². The van der Waals surface area contributed by atoms with Gasteiger partial charge in [-0.1, -0.05) is 18.2 Å². The van der Waals surface area contributed by atoms with Gasteiger partial charge in [0.25, 0.3) is 0 Å². The molecular formula is C18H23NO2. The molecule has 3 heteroatoms. The van der Waals surface area contributed by atoms with Crippen LogP contribution in [0, 0.1) is 5.92 Å². The van der Waals surface area contributed by atoms with Gasteiger partial charge in [-0.2, -0.15) is 0 Å². The van der Waals surface area contributed by atoms with Crippen LogP contribution < -0.4 is 4.74 Å². The SMILES string of the molecule is COc1ccc2c(c1)[C@]13CCN(C)[C@H](C2)[C@@H]1C=C[C@H](O)C3. The smallest absolute Gasteiger partial charge is 0.119 e. The number of likely N-dealkylation sites (N-methyl/N-ethyl adjacent to an activating group) is 1. The minimum Gasteiger partial charge on any atom is -0.497 e. The second kappa shape index (κ2) is 4.59. The number of fused-ring (bicyclic) bond motifs is 1. The van der Waals surface area contributed by atoms with Crippen LogP contribution in [0.5, 0.6) is 5.75 Å². The van der Waals surface area contributed by atoms with Gasteiger partial charge in [0.2, 0.25) is 0 Å². The van der Waals surface area contributed by atoms with Gasteiger partial charge < -0.3 is 14.7 Å². The van der Waals surface area contributed by atoms with Crippen LogP contribution in [0.15, 0.2) is 30.4 Å². The Morgan fingerprint density at radius 3 is 3.00 bits per heavy atom. The first kappa shape index (κ1) is 13.4. The molecule has 1 fully saturated rings. The molecule has 1 heterocycles. The van der Waals surface area contributed by atoms with Crippen molar-refractivity contribution in [3.05, 3.63) is 41.5 Å². The normalized spacial score (nSPS) is 37.8. The number of ether oxygens (including phenoxy) is 1. The number of piperidine rings is 1. The number of likely N-dealkylation sites (tertiary alicyclic amines) is 1. The number of hydrogen-bond acceptors (Lipinski definition) is 3. The van der Waals surface area contributed by atoms with Gasteiger partial charge >= 0.3 is 0 Å². The molecule has 1 aromatic rings. The maximum Gasteiger partial charge on any atom is 0.119 e. The van der Waals surface area contributed by atoms with Gasteiger partial charge in [0.05, 0.1) is 13.2 Å². The van der Waals surface area contributed by atoms with Gasteiger partial charge in [0.1, 0.15) is 5.75 Å². The maximum atomic E-state index is 10.2. The molecule has 0 spiro atoms. The fraction of sp³-hybridized carbons (Fsp3) is 0.556. The summed E-state index contributed by atoms with van der Waals surface area (Å²) in [7, 11) is 3.97. The van der Waals surface area contributed by atoms with Crippen molar-refractivity contribution in [1.29, 1.82) is 0 Å². The fourth-order valence-electron chi connectivity index (χ4n) is 4.85. The Hall–Kier alpha value is -1.32. The number of aliphatic hydroxyl groups excluding tert-OH is 1. The Labute approximate surface area is 126 Å². The van der Waals surface area contributed by atoms with E-state index in [1.807, 2.05) is 6.08 Å². The number of nitrogens with zero attached hydrogens (tertiary/aromatic N) is 1. The van der Waals surface area contributed by atoms with Crippen molar-refractivity contribution in [1.82, 2.24) is 4.90 Å². The van der Waals surface area contributed by atoms with E-state index in [1.165, 1.54) is 11.1 Å². The van der Waals surface area contributed by atoms with Gasteiger partial charge in [0.15, 0.2) is 0 Å². The molecule has 0 amide bonds. The van der Waals surface area contributed by atoms with E-state index in [-0.39, 0.29) is 11.5 Å². The van der Waals surface area contributed by atoms with Crippen LogP contribution in [0.4, 0.5) is 0 Å². The van der Waals surface area contributed by atoms with E-state index in [9.17, 15) is 5.11 Å². The van der Waals surface area contributed by atoms with Crippen LogP contribution in [-0.4, -0.2) is 42.9 Å². The summed E-state index contributed by atoms with van der Waals surface area (Å²) in [6.07, 6.45) is 7.02. The molecular weight excluding hydrogens is 262 g/mol. The number of methoxy groups -OCH3 is 1. The molecule has 0 saturated carbocycles. The van der Waals surface area contributed by atoms with E-state index < -0.39 is 0 Å². The molecule has 1 aliphatic heterocycles. The molecule has 2 bridgehead atoms. The molecule has 1 aromatic carbocycles. The Morgan fingerprint density at radius 2 is 2.19 bits per heavy atom. The number of benzene rings is 1. The Bertz CT molecular complexity index is 597. The van der Waals surface area contributed by atoms with Gasteiger partial charge in [-0.05, 0) is 56.1 Å². The average Bonchev–Trinajstić information content (AvgIpc) is 2.50. The summed E-state index contributed by atoms with van der Waals surface area (Å²) in [5.41, 5.74) is 2.94. The molecule has 1 saturated heterocycles. The van der Waals surface area contributed by atoms with Crippen molar-refractivity contribution in [2.24, 2.45) is 5.92 Å². The largest absolute Gasteiger partial charge is 0.497 e. The van der Waals surface area contributed by atoms with Gasteiger partial charge in [-0.3, -0.25) is 0 Å². The molecule has 3 nitrogen and oxygen atoms in total. The highest BCUT2D eigenvalue weighted by molar-refractivity contribution is 5.47. The maximum absolute atomic E-state index is 10.2. The van der Waals surface area contributed by atoms with Crippen LogP contribution >= 0.6 is 0 Å². The van der Waals surface area contributed by atoms with E-state index in [0.717, 1.165) is 31.6 Å². The van der Waals surface area contributed by atoms with Crippen molar-refractivity contribution in [3.63, 3.8) is 0 Å². The zero-order chi connectivity index (χ0) is 14.6. The molecule has 4 rings (SSSR count). The molecule has 0 radical (unpaired) electrons. The lowest BCUT2D eigenvalue weighted by atomic mass is 9.54. The van der Waals surface area contributed by atoms with Crippen LogP contribution in [0.25, 0.3) is 0 Å². The van der Waals surface area contributed by atoms with Crippen LogP contribution in [0.1, 0.15) is 24.0 Å². The van der Waals surface area contributed by atoms with Crippen molar-refractivity contribution in [2.75, 3.05) is 20.7 Å². The van der Waals surface area contributed by atoms with Crippen molar-refractivity contribution >= 4 is 0 Å². The molecule has 0 unspecified atom stereocenters. The zero-order valence-corrected chi connectivity index (χ0v) is 12.7. The van der Waals surface area contributed by atoms with Crippen LogP contribution in [-0.2, 0) is 11.8 Å². The predicted octanol–water partition coefficient (Wildman–Crippen LogP) is 2.13. The summed E-state index contributed by atoms with van der Waals surface area (Å²) < 4.78 is 5.45. The Morgan fingerprint density at radius 1 is 1.33 bits per heavy atom. The van der Waals surface area contributed by atoms with Crippen molar-refractivity contribution in [2.45, 2.75) is 36.8 Å². The topological polar surface area (TPSA) is 32.7 Å². The molecule has 1 N–H and O–H groups in total. The summed E-state index contributed by atoms with van der Waals surface area (Å²) in [6, 6.07) is 7.07. The average molecular weight is 285 g/mol. The van der Waals surface area contributed by atoms with Gasteiger partial charge in [-0.25, -0.2) is 0 Å². The monoisotopic (exact) mass is 285 g/mol. The summed E-state index contributed by atoms with van der Waals surface area (Å²) >= 11 is 0. The molecule has 2 aliphatic carbocycles. The van der Waals surface area contributed by atoms with E-state index in [2.05, 4.69) is 36.2 Å². The quantitative estimate of drug-likeness (QED) is 0.802. The third kappa shape index (κ3) is 1.80. The number of aliphatic hydroxyl groups is 1. The second-order valence-electron chi connectivity index (χ2n) is 6.86. The fourth-order valence-corrected chi connectivity index (χ4v) is 4.85. The second-order valence-corrected chi connectivity index (χ2v) is 6.86. The first-order valence-electron chi connectivity index (χ1n) is 7.88. The number of hydrogen-bond donors (Lipinski definition) is 1. The van der Waals surface area contributed by atoms with Crippen LogP contribution in [0.2, 0.25) is 0 Å². The van der Waals surface area contributed by atoms with Crippen molar-refractivity contribution in [3.8, 4) is 5.75 Å². The summed E-state index contributed by atoms with van der Waals surface area (Å²) in [6.45, 7) is 1.11. The lowest BCUT2D eigenvalue weighted by Crippen LogP contribution is -2.60. The molecule has 21 heavy (non-hydrogen) atoms. The Kier molecular flexibility index (Phi) is 2.92. The lowest BCUT2D eigenvalue weighted by Gasteiger charge is -2.57. The lowest BCUT2D eigenvalue weighted by molar-refractivity contribution is 0.0208. The highest BCUT2D eigenvalue weighted by Gasteiger charge is 2.53. The highest BCUT2D eigenvalue weighted by Crippen LogP contribution is 2.54. The summed E-state index contributed by atoms with van der Waals surface area (Å²) in [5, 5.41) is 10.2. The van der Waals surface area contributed by atoms with E-state index in [0.29, 0.717) is 12.0 Å². The standard InChI is InChI=1S/C18H23NO2/c1-19-8-7-18-11-13(20)4-6-15(18)17(19)9-12-3-5-14(21-2)10-16(12)18/h3-6,10,13,15,17,20H,7-9,11H2,1-2H3/t13-,15-,17+,18-/m0/s1. The molecule has 112 valence electrons. The molecule has 4 atom stereocenters. The summed E-state index contributed by atoms with van der Waals surface area (Å²) in [5.74, 6) is 1.45. The molecule has 3 aliphatic rings. The van der Waals surface area contributed by atoms with E-state index in [1.54, 1.807) is 7.11 Å². The summed E-state index contributed by atoms with van der Waals surface area (Å²) in [4.78, 5) is 2.50. The highest BCUT2D eigenvalue weighted by atomic mass is 16.5. The number of rotatable bonds is 1. The van der Waals surface area contributed by atoms with Crippen molar-refractivity contribution < 1.29 is 9.84 Å². The van der Waals surface area contributed by atoms with Crippen LogP contribution in [0.3, 0.4) is 0 Å². The van der Waals surface area contributed by atoms with E-state index in [4.69, 9.17) is 4.74 Å². The Balaban J connectivity index is 1.91. The van der Waals surface area contributed by atoms with E-state index >= 15 is 0 Å². The zero-order valence-electron chi connectivity index (χ0n) is 12.7. The predicted molar refractivity (Wildman–Crippen MR) is 82.7 cm³/mol. The minimum atomic E-state index is -0.317. The first-order chi connectivity index (χ1) is 10.1.